The molecule has 0 radical (unpaired) electrons. The van der Waals surface area contributed by atoms with Gasteiger partial charge < -0.3 is 15.2 Å². The van der Waals surface area contributed by atoms with Crippen LogP contribution in [0.25, 0.3) is 0 Å². The standard InChI is InChI=1S/C23H26ClN5O2S/c1-3-16-9-11-17(12-10-16)25-22(31)15-32-23-28-27-20(29(23)4-2)13-14-21(30)26-19-8-6-5-7-18(19)24/h5-12H,3-4,13-15H2,1-2H3,(H,25,31)(H,26,30). The van der Waals surface area contributed by atoms with Crippen LogP contribution in [0.3, 0.4) is 0 Å². The molecule has 2 aromatic carbocycles. The largest absolute Gasteiger partial charge is 0.325 e. The molecule has 2 amide bonds. The highest BCUT2D eigenvalue weighted by atomic mass is 35.5. The zero-order valence-electron chi connectivity index (χ0n) is 18.1. The van der Waals surface area contributed by atoms with Gasteiger partial charge in [0.15, 0.2) is 5.16 Å². The van der Waals surface area contributed by atoms with Crippen LogP contribution in [0.15, 0.2) is 53.7 Å². The first-order valence-electron chi connectivity index (χ1n) is 10.5. The lowest BCUT2D eigenvalue weighted by atomic mass is 10.1. The molecule has 32 heavy (non-hydrogen) atoms. The number of aryl methyl sites for hydroxylation is 2. The summed E-state index contributed by atoms with van der Waals surface area (Å²) in [5.74, 6) is 0.678. The Bertz CT molecular complexity index is 1070. The number of hydrogen-bond donors (Lipinski definition) is 2. The van der Waals surface area contributed by atoms with Gasteiger partial charge in [-0.15, -0.1) is 10.2 Å². The van der Waals surface area contributed by atoms with Crippen LogP contribution in [0.2, 0.25) is 5.02 Å². The van der Waals surface area contributed by atoms with Crippen LogP contribution >= 0.6 is 23.4 Å². The minimum absolute atomic E-state index is 0.106. The van der Waals surface area contributed by atoms with Crippen molar-refractivity contribution in [3.63, 3.8) is 0 Å². The number of halogens is 1. The van der Waals surface area contributed by atoms with Gasteiger partial charge in [-0.05, 0) is 43.2 Å². The van der Waals surface area contributed by atoms with Gasteiger partial charge in [0, 0.05) is 25.1 Å². The van der Waals surface area contributed by atoms with Gasteiger partial charge in [0.25, 0.3) is 0 Å². The highest BCUT2D eigenvalue weighted by molar-refractivity contribution is 7.99. The summed E-state index contributed by atoms with van der Waals surface area (Å²) in [5, 5.41) is 15.3. The second-order valence-electron chi connectivity index (χ2n) is 7.06. The molecule has 1 heterocycles. The first-order chi connectivity index (χ1) is 15.5. The molecule has 3 rings (SSSR count). The zero-order valence-corrected chi connectivity index (χ0v) is 19.7. The normalized spacial score (nSPS) is 10.7. The van der Waals surface area contributed by atoms with Crippen molar-refractivity contribution in [3.8, 4) is 0 Å². The molecule has 0 spiro atoms. The minimum atomic E-state index is -0.147. The van der Waals surface area contributed by atoms with Crippen LogP contribution in [0, 0.1) is 0 Å². The van der Waals surface area contributed by atoms with Gasteiger partial charge >= 0.3 is 0 Å². The predicted octanol–water partition coefficient (Wildman–Crippen LogP) is 4.82. The Hall–Kier alpha value is -2.84. The van der Waals surface area contributed by atoms with E-state index in [9.17, 15) is 9.59 Å². The van der Waals surface area contributed by atoms with Gasteiger partial charge in [0.05, 0.1) is 16.5 Å². The summed E-state index contributed by atoms with van der Waals surface area (Å²) in [4.78, 5) is 24.6. The third kappa shape index (κ3) is 6.58. The van der Waals surface area contributed by atoms with Crippen LogP contribution in [0.4, 0.5) is 11.4 Å². The van der Waals surface area contributed by atoms with Gasteiger partial charge in [-0.3, -0.25) is 9.59 Å². The van der Waals surface area contributed by atoms with E-state index in [1.165, 1.54) is 17.3 Å². The monoisotopic (exact) mass is 471 g/mol. The molecular weight excluding hydrogens is 446 g/mol. The van der Waals surface area contributed by atoms with Gasteiger partial charge in [-0.1, -0.05) is 54.6 Å². The van der Waals surface area contributed by atoms with Crippen molar-refractivity contribution in [2.45, 2.75) is 44.8 Å². The van der Waals surface area contributed by atoms with Gasteiger partial charge in [0.2, 0.25) is 11.8 Å². The van der Waals surface area contributed by atoms with Crippen LogP contribution in [-0.4, -0.2) is 32.3 Å². The fourth-order valence-electron chi connectivity index (χ4n) is 3.08. The van der Waals surface area contributed by atoms with E-state index in [0.29, 0.717) is 34.7 Å². The van der Waals surface area contributed by atoms with Crippen molar-refractivity contribution in [2.24, 2.45) is 0 Å². The molecule has 1 aromatic heterocycles. The van der Waals surface area contributed by atoms with E-state index >= 15 is 0 Å². The second kappa shape index (κ2) is 11.7. The summed E-state index contributed by atoms with van der Waals surface area (Å²) in [7, 11) is 0. The Labute approximate surface area is 197 Å². The Morgan fingerprint density at radius 2 is 1.75 bits per heavy atom. The maximum absolute atomic E-state index is 12.3. The molecule has 168 valence electrons. The fraction of sp³-hybridized carbons (Fsp3) is 0.304. The molecular formula is C23H26ClN5O2S. The predicted molar refractivity (Wildman–Crippen MR) is 129 cm³/mol. The average molecular weight is 472 g/mol. The molecule has 7 nitrogen and oxygen atoms in total. The molecule has 0 aliphatic carbocycles. The highest BCUT2D eigenvalue weighted by Crippen LogP contribution is 2.21. The minimum Gasteiger partial charge on any atom is -0.325 e. The summed E-state index contributed by atoms with van der Waals surface area (Å²) < 4.78 is 1.93. The number of aromatic nitrogens is 3. The lowest BCUT2D eigenvalue weighted by Gasteiger charge is -2.09. The van der Waals surface area contributed by atoms with E-state index in [1.807, 2.05) is 47.9 Å². The van der Waals surface area contributed by atoms with Crippen LogP contribution in [-0.2, 0) is 29.0 Å². The number of anilines is 2. The number of carbonyl (C=O) groups excluding carboxylic acids is 2. The molecule has 0 atom stereocenters. The van der Waals surface area contributed by atoms with Crippen molar-refractivity contribution in [3.05, 3.63) is 64.9 Å². The number of hydrogen-bond acceptors (Lipinski definition) is 5. The number of rotatable bonds is 10. The van der Waals surface area contributed by atoms with Gasteiger partial charge in [0.1, 0.15) is 5.82 Å². The number of benzene rings is 2. The molecule has 0 saturated carbocycles. The van der Waals surface area contributed by atoms with Gasteiger partial charge in [-0.2, -0.15) is 0 Å². The summed E-state index contributed by atoms with van der Waals surface area (Å²) >= 11 is 7.41. The number of nitrogens with zero attached hydrogens (tertiary/aromatic N) is 3. The summed E-state index contributed by atoms with van der Waals surface area (Å²) in [5.41, 5.74) is 2.58. The number of thioether (sulfide) groups is 1. The molecule has 0 saturated heterocycles. The molecule has 0 fully saturated rings. The molecule has 0 aliphatic rings. The summed E-state index contributed by atoms with van der Waals surface area (Å²) in [6.45, 7) is 4.72. The second-order valence-corrected chi connectivity index (χ2v) is 8.41. The number of amides is 2. The summed E-state index contributed by atoms with van der Waals surface area (Å²) in [6.07, 6.45) is 1.65. The van der Waals surface area contributed by atoms with Crippen molar-refractivity contribution in [2.75, 3.05) is 16.4 Å². The van der Waals surface area contributed by atoms with Crippen LogP contribution < -0.4 is 10.6 Å². The van der Waals surface area contributed by atoms with E-state index in [-0.39, 0.29) is 24.0 Å². The van der Waals surface area contributed by atoms with E-state index in [1.54, 1.807) is 12.1 Å². The van der Waals surface area contributed by atoms with Crippen molar-refractivity contribution in [1.82, 2.24) is 14.8 Å². The maximum Gasteiger partial charge on any atom is 0.234 e. The quantitative estimate of drug-likeness (QED) is 0.414. The van der Waals surface area contributed by atoms with Crippen molar-refractivity contribution >= 4 is 46.6 Å². The smallest absolute Gasteiger partial charge is 0.234 e. The third-order valence-electron chi connectivity index (χ3n) is 4.81. The number of carbonyl (C=O) groups is 2. The SMILES string of the molecule is CCc1ccc(NC(=O)CSc2nnc(CCC(=O)Nc3ccccc3Cl)n2CC)cc1. The third-order valence-corrected chi connectivity index (χ3v) is 6.11. The topological polar surface area (TPSA) is 88.9 Å². The van der Waals surface area contributed by atoms with Crippen LogP contribution in [0.1, 0.15) is 31.7 Å². The van der Waals surface area contributed by atoms with E-state index in [0.717, 1.165) is 12.1 Å². The van der Waals surface area contributed by atoms with Crippen molar-refractivity contribution < 1.29 is 9.59 Å². The molecule has 3 aromatic rings. The molecule has 9 heteroatoms. The average Bonchev–Trinajstić information content (AvgIpc) is 3.20. The molecule has 0 unspecified atom stereocenters. The Balaban J connectivity index is 1.51. The molecule has 0 aliphatic heterocycles. The first kappa shape index (κ1) is 23.8. The Kier molecular flexibility index (Phi) is 8.70. The number of nitrogens with one attached hydrogen (secondary N) is 2. The number of para-hydroxylation sites is 1. The van der Waals surface area contributed by atoms with E-state index in [2.05, 4.69) is 27.8 Å². The summed E-state index contributed by atoms with van der Waals surface area (Å²) in [6, 6.07) is 14.9. The van der Waals surface area contributed by atoms with Crippen molar-refractivity contribution in [1.29, 1.82) is 0 Å². The lowest BCUT2D eigenvalue weighted by Crippen LogP contribution is -2.15. The maximum atomic E-state index is 12.3. The van der Waals surface area contributed by atoms with E-state index in [4.69, 9.17) is 11.6 Å². The Morgan fingerprint density at radius 1 is 1.00 bits per heavy atom. The first-order valence-corrected chi connectivity index (χ1v) is 11.8. The van der Waals surface area contributed by atoms with Gasteiger partial charge in [-0.25, -0.2) is 0 Å². The van der Waals surface area contributed by atoms with Crippen LogP contribution in [0.5, 0.6) is 0 Å². The Morgan fingerprint density at radius 3 is 2.44 bits per heavy atom. The molecule has 2 N–H and O–H groups in total. The zero-order chi connectivity index (χ0) is 22.9. The molecule has 0 bridgehead atoms. The van der Waals surface area contributed by atoms with E-state index < -0.39 is 0 Å². The fourth-order valence-corrected chi connectivity index (χ4v) is 4.08. The lowest BCUT2D eigenvalue weighted by molar-refractivity contribution is -0.116. The highest BCUT2D eigenvalue weighted by Gasteiger charge is 2.15.